The van der Waals surface area contributed by atoms with Gasteiger partial charge in [-0.25, -0.2) is 4.79 Å². The average Bonchev–Trinajstić information content (AvgIpc) is 3.10. The summed E-state index contributed by atoms with van der Waals surface area (Å²) in [5.41, 5.74) is 7.99. The van der Waals surface area contributed by atoms with E-state index in [2.05, 4.69) is 0 Å². The predicted octanol–water partition coefficient (Wildman–Crippen LogP) is 3.49. The van der Waals surface area contributed by atoms with Crippen molar-refractivity contribution in [2.45, 2.75) is 26.3 Å². The largest absolute Gasteiger partial charge is 0.493 e. The molecule has 0 aliphatic carbocycles. The van der Waals surface area contributed by atoms with E-state index >= 15 is 0 Å². The summed E-state index contributed by atoms with van der Waals surface area (Å²) in [6.07, 6.45) is 0.965. The van der Waals surface area contributed by atoms with E-state index in [0.717, 1.165) is 16.9 Å². The van der Waals surface area contributed by atoms with Gasteiger partial charge >= 0.3 is 6.09 Å². The number of nitrogens with zero attached hydrogens (tertiary/aromatic N) is 1. The van der Waals surface area contributed by atoms with E-state index in [9.17, 15) is 9.59 Å². The molecule has 30 heavy (non-hydrogen) atoms. The van der Waals surface area contributed by atoms with Gasteiger partial charge in [-0.1, -0.05) is 6.92 Å². The Morgan fingerprint density at radius 1 is 1.13 bits per heavy atom. The molecule has 0 fully saturated rings. The van der Waals surface area contributed by atoms with Crippen LogP contribution in [0.2, 0.25) is 0 Å². The van der Waals surface area contributed by atoms with Gasteiger partial charge in [0.05, 0.1) is 45.0 Å². The Morgan fingerprint density at radius 3 is 2.37 bits per heavy atom. The SMILES string of the molecule is CCCOC(=O)N1CCc2c(sc(N)c2C(=O)c2cc(OC)c(OC)c(OC)c2)C1. The zero-order valence-electron chi connectivity index (χ0n) is 17.6. The normalized spacial score (nSPS) is 12.9. The number of benzene rings is 1. The van der Waals surface area contributed by atoms with Gasteiger partial charge in [0.1, 0.15) is 0 Å². The van der Waals surface area contributed by atoms with Crippen LogP contribution in [0.25, 0.3) is 0 Å². The molecule has 0 radical (unpaired) electrons. The topological polar surface area (TPSA) is 100 Å². The molecule has 9 heteroatoms. The second kappa shape index (κ2) is 9.25. The molecule has 2 N–H and O–H groups in total. The first kappa shape index (κ1) is 21.8. The van der Waals surface area contributed by atoms with Gasteiger partial charge in [0.15, 0.2) is 17.3 Å². The van der Waals surface area contributed by atoms with Crippen LogP contribution in [0.1, 0.15) is 39.7 Å². The van der Waals surface area contributed by atoms with Crippen LogP contribution in [0.5, 0.6) is 17.2 Å². The molecular formula is C21H26N2O6S. The van der Waals surface area contributed by atoms with Gasteiger partial charge in [-0.2, -0.15) is 0 Å². The zero-order valence-corrected chi connectivity index (χ0v) is 18.4. The highest BCUT2D eigenvalue weighted by Crippen LogP contribution is 2.41. The zero-order chi connectivity index (χ0) is 21.8. The van der Waals surface area contributed by atoms with Crippen LogP contribution in [0, 0.1) is 0 Å². The van der Waals surface area contributed by atoms with E-state index in [1.165, 1.54) is 32.7 Å². The smallest absolute Gasteiger partial charge is 0.410 e. The Kier molecular flexibility index (Phi) is 6.71. The standard InChI is InChI=1S/C21H26N2O6S/c1-5-8-29-21(25)23-7-6-13-16(11-23)30-20(22)17(13)18(24)12-9-14(26-2)19(28-4)15(10-12)27-3/h9-10H,5-8,11,22H2,1-4H3. The highest BCUT2D eigenvalue weighted by Gasteiger charge is 2.30. The third-order valence-electron chi connectivity index (χ3n) is 4.93. The van der Waals surface area contributed by atoms with Gasteiger partial charge in [-0.15, -0.1) is 11.3 Å². The minimum atomic E-state index is -0.341. The molecule has 3 rings (SSSR count). The third-order valence-corrected chi connectivity index (χ3v) is 5.97. The van der Waals surface area contributed by atoms with E-state index in [1.54, 1.807) is 17.0 Å². The molecule has 0 bridgehead atoms. The van der Waals surface area contributed by atoms with Crippen molar-refractivity contribution in [2.24, 2.45) is 0 Å². The fourth-order valence-corrected chi connectivity index (χ4v) is 4.60. The number of amides is 1. The Balaban J connectivity index is 1.93. The van der Waals surface area contributed by atoms with Crippen molar-refractivity contribution >= 4 is 28.2 Å². The molecule has 1 aliphatic heterocycles. The van der Waals surface area contributed by atoms with Gasteiger partial charge < -0.3 is 29.6 Å². The van der Waals surface area contributed by atoms with Crippen molar-refractivity contribution < 1.29 is 28.5 Å². The van der Waals surface area contributed by atoms with Crippen LogP contribution >= 0.6 is 11.3 Å². The van der Waals surface area contributed by atoms with Gasteiger partial charge in [0.2, 0.25) is 5.75 Å². The summed E-state index contributed by atoms with van der Waals surface area (Å²) in [4.78, 5) is 28.1. The molecule has 1 aromatic carbocycles. The number of ketones is 1. The molecule has 0 spiro atoms. The van der Waals surface area contributed by atoms with Crippen molar-refractivity contribution in [1.82, 2.24) is 4.90 Å². The molecule has 8 nitrogen and oxygen atoms in total. The summed E-state index contributed by atoms with van der Waals surface area (Å²) in [6.45, 7) is 3.19. The Bertz CT molecular complexity index is 930. The Hall–Kier alpha value is -2.94. The molecule has 162 valence electrons. The monoisotopic (exact) mass is 434 g/mol. The molecule has 1 aliphatic rings. The van der Waals surface area contributed by atoms with E-state index in [-0.39, 0.29) is 11.9 Å². The van der Waals surface area contributed by atoms with Crippen LogP contribution in [0.15, 0.2) is 12.1 Å². The van der Waals surface area contributed by atoms with Crippen LogP contribution in [0.3, 0.4) is 0 Å². The van der Waals surface area contributed by atoms with E-state index in [0.29, 0.717) is 59.5 Å². The second-order valence-electron chi connectivity index (χ2n) is 6.77. The molecule has 0 atom stereocenters. The highest BCUT2D eigenvalue weighted by molar-refractivity contribution is 7.16. The van der Waals surface area contributed by atoms with Gasteiger partial charge in [0.25, 0.3) is 0 Å². The average molecular weight is 435 g/mol. The fraction of sp³-hybridized carbons (Fsp3) is 0.429. The highest BCUT2D eigenvalue weighted by atomic mass is 32.1. The van der Waals surface area contributed by atoms with Crippen molar-refractivity contribution in [1.29, 1.82) is 0 Å². The van der Waals surface area contributed by atoms with Gasteiger partial charge in [-0.3, -0.25) is 4.79 Å². The molecule has 1 aromatic heterocycles. The lowest BCUT2D eigenvalue weighted by molar-refractivity contribution is 0.0982. The third kappa shape index (κ3) is 4.02. The number of methoxy groups -OCH3 is 3. The van der Waals surface area contributed by atoms with Crippen molar-refractivity contribution in [3.05, 3.63) is 33.7 Å². The van der Waals surface area contributed by atoms with Crippen molar-refractivity contribution in [2.75, 3.05) is 40.2 Å². The number of ether oxygens (including phenoxy) is 4. The number of hydrogen-bond acceptors (Lipinski definition) is 8. The quantitative estimate of drug-likeness (QED) is 0.666. The number of nitrogen functional groups attached to an aromatic ring is 1. The van der Waals surface area contributed by atoms with Gasteiger partial charge in [0, 0.05) is 17.0 Å². The van der Waals surface area contributed by atoms with E-state index in [1.807, 2.05) is 6.92 Å². The molecule has 2 heterocycles. The van der Waals surface area contributed by atoms with Crippen LogP contribution in [-0.4, -0.2) is 51.3 Å². The lowest BCUT2D eigenvalue weighted by atomic mass is 9.96. The van der Waals surface area contributed by atoms with Crippen molar-refractivity contribution in [3.8, 4) is 17.2 Å². The number of anilines is 1. The fourth-order valence-electron chi connectivity index (χ4n) is 3.47. The maximum atomic E-state index is 13.4. The van der Waals surface area contributed by atoms with Crippen LogP contribution < -0.4 is 19.9 Å². The number of fused-ring (bicyclic) bond motifs is 1. The molecular weight excluding hydrogens is 408 g/mol. The number of hydrogen-bond donors (Lipinski definition) is 1. The van der Waals surface area contributed by atoms with Crippen molar-refractivity contribution in [3.63, 3.8) is 0 Å². The summed E-state index contributed by atoms with van der Waals surface area (Å²) >= 11 is 1.33. The van der Waals surface area contributed by atoms with Crippen LogP contribution in [-0.2, 0) is 17.7 Å². The first-order valence-corrected chi connectivity index (χ1v) is 10.4. The number of thiophene rings is 1. The van der Waals surface area contributed by atoms with E-state index < -0.39 is 0 Å². The number of carbonyl (C=O) groups is 2. The molecule has 0 saturated carbocycles. The first-order chi connectivity index (χ1) is 14.4. The molecule has 0 unspecified atom stereocenters. The number of carbonyl (C=O) groups excluding carboxylic acids is 2. The minimum Gasteiger partial charge on any atom is -0.493 e. The minimum absolute atomic E-state index is 0.216. The molecule has 0 saturated heterocycles. The Labute approximate surface area is 179 Å². The van der Waals surface area contributed by atoms with Gasteiger partial charge in [-0.05, 0) is 30.5 Å². The van der Waals surface area contributed by atoms with Crippen LogP contribution in [0.4, 0.5) is 9.80 Å². The summed E-state index contributed by atoms with van der Waals surface area (Å²) in [5.74, 6) is 0.991. The summed E-state index contributed by atoms with van der Waals surface area (Å²) in [6, 6.07) is 3.23. The first-order valence-electron chi connectivity index (χ1n) is 9.61. The number of nitrogens with two attached hydrogens (primary N) is 1. The summed E-state index contributed by atoms with van der Waals surface area (Å²) in [7, 11) is 4.50. The molecule has 1 amide bonds. The molecule has 2 aromatic rings. The summed E-state index contributed by atoms with van der Waals surface area (Å²) < 4.78 is 21.3. The lowest BCUT2D eigenvalue weighted by Crippen LogP contribution is -2.36. The second-order valence-corrected chi connectivity index (χ2v) is 7.91. The Morgan fingerprint density at radius 2 is 1.80 bits per heavy atom. The predicted molar refractivity (Wildman–Crippen MR) is 114 cm³/mol. The maximum Gasteiger partial charge on any atom is 0.410 e. The maximum absolute atomic E-state index is 13.4. The number of rotatable bonds is 7. The lowest BCUT2D eigenvalue weighted by Gasteiger charge is -2.26. The summed E-state index contributed by atoms with van der Waals surface area (Å²) in [5, 5.41) is 0.433. The van der Waals surface area contributed by atoms with E-state index in [4.69, 9.17) is 24.7 Å².